The van der Waals surface area contributed by atoms with Gasteiger partial charge in [-0.15, -0.1) is 0 Å². The van der Waals surface area contributed by atoms with Gasteiger partial charge in [0.15, 0.2) is 0 Å². The SMILES string of the molecule is CNC(C#N)c1c(F)cccc1Cl. The highest BCUT2D eigenvalue weighted by Crippen LogP contribution is 2.24. The maximum Gasteiger partial charge on any atom is 0.130 e. The smallest absolute Gasteiger partial charge is 0.130 e. The Labute approximate surface area is 80.9 Å². The largest absolute Gasteiger partial charge is 0.301 e. The number of hydrogen-bond donors (Lipinski definition) is 1. The van der Waals surface area contributed by atoms with Crippen molar-refractivity contribution in [2.45, 2.75) is 6.04 Å². The molecule has 2 nitrogen and oxygen atoms in total. The Morgan fingerprint density at radius 2 is 2.31 bits per heavy atom. The van der Waals surface area contributed by atoms with Gasteiger partial charge in [0.25, 0.3) is 0 Å². The highest BCUT2D eigenvalue weighted by Gasteiger charge is 2.16. The second kappa shape index (κ2) is 4.22. The molecule has 0 amide bonds. The number of nitrogens with one attached hydrogen (secondary N) is 1. The van der Waals surface area contributed by atoms with Crippen LogP contribution in [-0.2, 0) is 0 Å². The van der Waals surface area contributed by atoms with E-state index in [0.29, 0.717) is 0 Å². The monoisotopic (exact) mass is 198 g/mol. The summed E-state index contributed by atoms with van der Waals surface area (Å²) in [6.45, 7) is 0. The Kier molecular flexibility index (Phi) is 3.24. The van der Waals surface area contributed by atoms with Gasteiger partial charge in [0.05, 0.1) is 6.07 Å². The van der Waals surface area contributed by atoms with Crippen molar-refractivity contribution >= 4 is 11.6 Å². The van der Waals surface area contributed by atoms with Crippen molar-refractivity contribution in [3.8, 4) is 6.07 Å². The summed E-state index contributed by atoms with van der Waals surface area (Å²) in [5.41, 5.74) is 0.203. The lowest BCUT2D eigenvalue weighted by Crippen LogP contribution is -2.16. The highest BCUT2D eigenvalue weighted by atomic mass is 35.5. The molecule has 0 spiro atoms. The van der Waals surface area contributed by atoms with E-state index in [4.69, 9.17) is 16.9 Å². The van der Waals surface area contributed by atoms with Crippen LogP contribution in [0.25, 0.3) is 0 Å². The van der Waals surface area contributed by atoms with Crippen LogP contribution in [0.5, 0.6) is 0 Å². The van der Waals surface area contributed by atoms with Gasteiger partial charge in [-0.2, -0.15) is 5.26 Å². The highest BCUT2D eigenvalue weighted by molar-refractivity contribution is 6.31. The van der Waals surface area contributed by atoms with Crippen LogP contribution in [0.3, 0.4) is 0 Å². The lowest BCUT2D eigenvalue weighted by molar-refractivity contribution is 0.585. The molecular formula is C9H8ClFN2. The Bertz CT molecular complexity index is 326. The third kappa shape index (κ3) is 1.97. The van der Waals surface area contributed by atoms with Crippen molar-refractivity contribution in [2.75, 3.05) is 7.05 Å². The van der Waals surface area contributed by atoms with Gasteiger partial charge in [-0.25, -0.2) is 4.39 Å². The van der Waals surface area contributed by atoms with E-state index in [1.54, 1.807) is 13.1 Å². The molecule has 0 aliphatic rings. The first-order chi connectivity index (χ1) is 6.20. The van der Waals surface area contributed by atoms with Crippen LogP contribution in [-0.4, -0.2) is 7.05 Å². The zero-order chi connectivity index (χ0) is 9.84. The van der Waals surface area contributed by atoms with Crippen LogP contribution in [0.4, 0.5) is 4.39 Å². The predicted octanol–water partition coefficient (Wildman–Crippen LogP) is 2.26. The maximum absolute atomic E-state index is 13.2. The summed E-state index contributed by atoms with van der Waals surface area (Å²) < 4.78 is 13.2. The van der Waals surface area contributed by atoms with E-state index in [1.807, 2.05) is 6.07 Å². The Hall–Kier alpha value is -1.11. The van der Waals surface area contributed by atoms with Crippen LogP contribution >= 0.6 is 11.6 Å². The van der Waals surface area contributed by atoms with Crippen molar-refractivity contribution in [3.05, 3.63) is 34.6 Å². The van der Waals surface area contributed by atoms with E-state index in [9.17, 15) is 4.39 Å². The summed E-state index contributed by atoms with van der Waals surface area (Å²) in [6, 6.07) is 5.56. The lowest BCUT2D eigenvalue weighted by atomic mass is 10.1. The number of benzene rings is 1. The van der Waals surface area contributed by atoms with Crippen molar-refractivity contribution in [2.24, 2.45) is 0 Å². The molecule has 0 aliphatic carbocycles. The molecule has 0 saturated heterocycles. The van der Waals surface area contributed by atoms with Crippen LogP contribution in [0.1, 0.15) is 11.6 Å². The van der Waals surface area contributed by atoms with Crippen molar-refractivity contribution < 1.29 is 4.39 Å². The van der Waals surface area contributed by atoms with E-state index in [0.717, 1.165) is 0 Å². The van der Waals surface area contributed by atoms with Gasteiger partial charge >= 0.3 is 0 Å². The van der Waals surface area contributed by atoms with Gasteiger partial charge in [0.1, 0.15) is 11.9 Å². The Balaban J connectivity index is 3.20. The Morgan fingerprint density at radius 1 is 1.62 bits per heavy atom. The standard InChI is InChI=1S/C9H8ClFN2/c1-13-8(5-12)9-6(10)3-2-4-7(9)11/h2-4,8,13H,1H3. The minimum atomic E-state index is -0.700. The molecule has 0 aromatic heterocycles. The number of hydrogen-bond acceptors (Lipinski definition) is 2. The first-order valence-corrected chi connectivity index (χ1v) is 4.09. The van der Waals surface area contributed by atoms with Gasteiger partial charge in [0.2, 0.25) is 0 Å². The van der Waals surface area contributed by atoms with Crippen molar-refractivity contribution in [3.63, 3.8) is 0 Å². The summed E-state index contributed by atoms with van der Waals surface area (Å²) in [7, 11) is 1.58. The molecule has 1 N–H and O–H groups in total. The topological polar surface area (TPSA) is 35.8 Å². The quantitative estimate of drug-likeness (QED) is 0.792. The molecule has 0 bridgehead atoms. The fraction of sp³-hybridized carbons (Fsp3) is 0.222. The van der Waals surface area contributed by atoms with E-state index < -0.39 is 11.9 Å². The minimum Gasteiger partial charge on any atom is -0.301 e. The zero-order valence-electron chi connectivity index (χ0n) is 7.01. The lowest BCUT2D eigenvalue weighted by Gasteiger charge is -2.10. The molecule has 0 radical (unpaired) electrons. The minimum absolute atomic E-state index is 0.203. The summed E-state index contributed by atoms with van der Waals surface area (Å²) in [5, 5.41) is 11.6. The molecular weight excluding hydrogens is 191 g/mol. The first kappa shape index (κ1) is 9.97. The average molecular weight is 199 g/mol. The predicted molar refractivity (Wildman–Crippen MR) is 48.8 cm³/mol. The second-order valence-corrected chi connectivity index (χ2v) is 2.89. The van der Waals surface area contributed by atoms with Gasteiger partial charge in [-0.05, 0) is 19.2 Å². The fourth-order valence-corrected chi connectivity index (χ4v) is 1.33. The Morgan fingerprint density at radius 3 is 2.77 bits per heavy atom. The maximum atomic E-state index is 13.2. The van der Waals surface area contributed by atoms with E-state index in [2.05, 4.69) is 5.32 Å². The number of halogens is 2. The zero-order valence-corrected chi connectivity index (χ0v) is 7.77. The number of nitriles is 1. The molecule has 0 fully saturated rings. The molecule has 13 heavy (non-hydrogen) atoms. The summed E-state index contributed by atoms with van der Waals surface area (Å²) in [4.78, 5) is 0. The van der Waals surface area contributed by atoms with Crippen LogP contribution in [0.2, 0.25) is 5.02 Å². The second-order valence-electron chi connectivity index (χ2n) is 2.49. The molecule has 4 heteroatoms. The van der Waals surface area contributed by atoms with E-state index in [-0.39, 0.29) is 10.6 Å². The normalized spacial score (nSPS) is 12.2. The van der Waals surface area contributed by atoms with Gasteiger partial charge in [-0.3, -0.25) is 0 Å². The molecule has 1 atom stereocenters. The third-order valence-corrected chi connectivity index (χ3v) is 2.04. The third-order valence-electron chi connectivity index (χ3n) is 1.71. The van der Waals surface area contributed by atoms with E-state index in [1.165, 1.54) is 12.1 Å². The van der Waals surface area contributed by atoms with Crippen LogP contribution in [0, 0.1) is 17.1 Å². The van der Waals surface area contributed by atoms with E-state index >= 15 is 0 Å². The molecule has 1 aromatic carbocycles. The van der Waals surface area contributed by atoms with Crippen LogP contribution < -0.4 is 5.32 Å². The van der Waals surface area contributed by atoms with Crippen LogP contribution in [0.15, 0.2) is 18.2 Å². The number of rotatable bonds is 2. The molecule has 68 valence electrons. The van der Waals surface area contributed by atoms with Gasteiger partial charge in [-0.1, -0.05) is 17.7 Å². The molecule has 1 aromatic rings. The number of nitrogens with zero attached hydrogens (tertiary/aromatic N) is 1. The van der Waals surface area contributed by atoms with Crippen molar-refractivity contribution in [1.82, 2.24) is 5.32 Å². The average Bonchev–Trinajstić information content (AvgIpc) is 2.11. The van der Waals surface area contributed by atoms with Crippen molar-refractivity contribution in [1.29, 1.82) is 5.26 Å². The summed E-state index contributed by atoms with van der Waals surface area (Å²) in [5.74, 6) is -0.464. The fourth-order valence-electron chi connectivity index (χ4n) is 1.06. The van der Waals surface area contributed by atoms with Gasteiger partial charge < -0.3 is 5.32 Å². The molecule has 0 heterocycles. The molecule has 1 rings (SSSR count). The van der Waals surface area contributed by atoms with Gasteiger partial charge in [0, 0.05) is 10.6 Å². The molecule has 0 saturated carbocycles. The molecule has 1 unspecified atom stereocenters. The molecule has 0 aliphatic heterocycles. The first-order valence-electron chi connectivity index (χ1n) is 3.71. The summed E-state index contributed by atoms with van der Waals surface area (Å²) >= 11 is 5.75. The summed E-state index contributed by atoms with van der Waals surface area (Å²) in [6.07, 6.45) is 0.